The zero-order valence-electron chi connectivity index (χ0n) is 7.06. The first-order valence-electron chi connectivity index (χ1n) is 3.69. The third-order valence-electron chi connectivity index (χ3n) is 1.51. The number of para-hydroxylation sites is 1. The summed E-state index contributed by atoms with van der Waals surface area (Å²) in [6.45, 7) is 1.17. The lowest BCUT2D eigenvalue weighted by Gasteiger charge is -2.12. The van der Waals surface area contributed by atoms with Crippen molar-refractivity contribution in [1.82, 2.24) is 0 Å². The lowest BCUT2D eigenvalue weighted by molar-refractivity contribution is -0.116. The van der Waals surface area contributed by atoms with Gasteiger partial charge in [-0.05, 0) is 12.1 Å². The number of imide groups is 1. The Bertz CT molecular complexity index is 307. The number of amides is 2. The average molecular weight is 178 g/mol. The van der Waals surface area contributed by atoms with Crippen molar-refractivity contribution in [2.75, 3.05) is 4.90 Å². The summed E-state index contributed by atoms with van der Waals surface area (Å²) < 4.78 is 0. The van der Waals surface area contributed by atoms with Crippen LogP contribution in [0.2, 0.25) is 0 Å². The maximum absolute atomic E-state index is 10.9. The summed E-state index contributed by atoms with van der Waals surface area (Å²) >= 11 is 0. The second-order valence-corrected chi connectivity index (χ2v) is 2.46. The van der Waals surface area contributed by atoms with Gasteiger partial charge in [0.15, 0.2) is 0 Å². The monoisotopic (exact) mass is 178 g/mol. The smallest absolute Gasteiger partial charge is 0.274 e. The fourth-order valence-electron chi connectivity index (χ4n) is 0.993. The van der Waals surface area contributed by atoms with Gasteiger partial charge in [-0.1, -0.05) is 18.2 Å². The van der Waals surface area contributed by atoms with Crippen LogP contribution in [-0.4, -0.2) is 12.0 Å². The van der Waals surface area contributed by atoms with E-state index in [1.165, 1.54) is 19.1 Å². The van der Waals surface area contributed by atoms with E-state index in [1.54, 1.807) is 18.2 Å². The van der Waals surface area contributed by atoms with E-state index in [2.05, 4.69) is 0 Å². The first-order chi connectivity index (χ1) is 6.13. The molecule has 0 bridgehead atoms. The van der Waals surface area contributed by atoms with E-state index in [0.717, 1.165) is 0 Å². The quantitative estimate of drug-likeness (QED) is 0.655. The van der Waals surface area contributed by atoms with E-state index in [-0.39, 0.29) is 0 Å². The molecule has 1 aromatic rings. The number of rotatable bonds is 1. The predicted molar refractivity (Wildman–Crippen MR) is 45.7 cm³/mol. The van der Waals surface area contributed by atoms with Crippen LogP contribution in [0.4, 0.5) is 10.5 Å². The molecular formula is C9H8NO3. The molecule has 0 spiro atoms. The maximum Gasteiger partial charge on any atom is 0.464 e. The summed E-state index contributed by atoms with van der Waals surface area (Å²) in [7, 11) is 0. The van der Waals surface area contributed by atoms with Gasteiger partial charge in [0.05, 0.1) is 5.69 Å². The molecule has 4 heteroatoms. The van der Waals surface area contributed by atoms with Gasteiger partial charge in [-0.2, -0.15) is 0 Å². The molecule has 0 N–H and O–H groups in total. The summed E-state index contributed by atoms with van der Waals surface area (Å²) in [5.74, 6) is -0.578. The number of hydrogen-bond donors (Lipinski definition) is 0. The van der Waals surface area contributed by atoms with Crippen LogP contribution in [-0.2, 0) is 9.90 Å². The van der Waals surface area contributed by atoms with Gasteiger partial charge in [-0.15, -0.1) is 0 Å². The number of carbonyl (C=O) groups is 2. The molecule has 2 amide bonds. The summed E-state index contributed by atoms with van der Waals surface area (Å²) in [5, 5.41) is 10.5. The number of benzene rings is 1. The third kappa shape index (κ3) is 2.05. The van der Waals surface area contributed by atoms with Crippen LogP contribution in [0.5, 0.6) is 0 Å². The van der Waals surface area contributed by atoms with Gasteiger partial charge >= 0.3 is 6.09 Å². The van der Waals surface area contributed by atoms with Crippen LogP contribution in [0.3, 0.4) is 0 Å². The highest BCUT2D eigenvalue weighted by Gasteiger charge is 2.19. The van der Waals surface area contributed by atoms with E-state index in [1.807, 2.05) is 0 Å². The van der Waals surface area contributed by atoms with E-state index in [4.69, 9.17) is 0 Å². The maximum atomic E-state index is 10.9. The first-order valence-corrected chi connectivity index (χ1v) is 3.69. The molecule has 0 fully saturated rings. The molecule has 0 saturated carbocycles. The number of carbonyl (C=O) groups excluding carboxylic acids is 2. The Labute approximate surface area is 75.4 Å². The molecule has 0 aromatic heterocycles. The predicted octanol–water partition coefficient (Wildman–Crippen LogP) is 1.59. The standard InChI is InChI=1S/C9H8NO3/c1-7(11)10(9(12)13)8-5-3-2-4-6-8/h2-6H,1H3. The molecule has 1 aromatic carbocycles. The molecule has 0 aliphatic carbocycles. The normalized spacial score (nSPS) is 9.31. The molecule has 13 heavy (non-hydrogen) atoms. The SMILES string of the molecule is CC(=O)N(C([O])=O)c1ccccc1. The van der Waals surface area contributed by atoms with Gasteiger partial charge in [-0.25, -0.2) is 14.8 Å². The van der Waals surface area contributed by atoms with Crippen molar-refractivity contribution in [3.05, 3.63) is 30.3 Å². The average Bonchev–Trinajstić information content (AvgIpc) is 2.04. The van der Waals surface area contributed by atoms with Crippen LogP contribution >= 0.6 is 0 Å². The van der Waals surface area contributed by atoms with Crippen molar-refractivity contribution in [1.29, 1.82) is 0 Å². The molecule has 0 aliphatic heterocycles. The van der Waals surface area contributed by atoms with Crippen molar-refractivity contribution < 1.29 is 14.7 Å². The molecule has 0 unspecified atom stereocenters. The van der Waals surface area contributed by atoms with Gasteiger partial charge in [0.2, 0.25) is 5.91 Å². The van der Waals surface area contributed by atoms with Crippen molar-refractivity contribution >= 4 is 17.7 Å². The van der Waals surface area contributed by atoms with Crippen LogP contribution in [0.15, 0.2) is 30.3 Å². The van der Waals surface area contributed by atoms with Crippen molar-refractivity contribution in [3.8, 4) is 0 Å². The summed E-state index contributed by atoms with van der Waals surface area (Å²) in [6.07, 6.45) is -1.52. The van der Waals surface area contributed by atoms with Crippen LogP contribution in [0.25, 0.3) is 0 Å². The van der Waals surface area contributed by atoms with Gasteiger partial charge in [0, 0.05) is 6.92 Å². The minimum atomic E-state index is -1.52. The summed E-state index contributed by atoms with van der Waals surface area (Å²) in [5.41, 5.74) is 0.301. The van der Waals surface area contributed by atoms with Gasteiger partial charge in [0.1, 0.15) is 0 Å². The Morgan fingerprint density at radius 2 is 1.69 bits per heavy atom. The molecule has 67 valence electrons. The Hall–Kier alpha value is -1.84. The minimum absolute atomic E-state index is 0.301. The molecule has 0 atom stereocenters. The Morgan fingerprint density at radius 3 is 2.08 bits per heavy atom. The van der Waals surface area contributed by atoms with E-state index < -0.39 is 12.0 Å². The Balaban J connectivity index is 3.03. The van der Waals surface area contributed by atoms with Crippen LogP contribution in [0, 0.1) is 0 Å². The highest BCUT2D eigenvalue weighted by Crippen LogP contribution is 2.13. The number of nitrogens with zero attached hydrogens (tertiary/aromatic N) is 1. The number of anilines is 1. The molecule has 4 nitrogen and oxygen atoms in total. The molecular weight excluding hydrogens is 170 g/mol. The third-order valence-corrected chi connectivity index (χ3v) is 1.51. The second-order valence-electron chi connectivity index (χ2n) is 2.46. The first kappa shape index (κ1) is 9.25. The fourth-order valence-corrected chi connectivity index (χ4v) is 0.993. The van der Waals surface area contributed by atoms with Crippen LogP contribution in [0.1, 0.15) is 6.92 Å². The van der Waals surface area contributed by atoms with Crippen molar-refractivity contribution in [3.63, 3.8) is 0 Å². The Kier molecular flexibility index (Phi) is 2.64. The van der Waals surface area contributed by atoms with E-state index >= 15 is 0 Å². The van der Waals surface area contributed by atoms with E-state index in [9.17, 15) is 14.7 Å². The summed E-state index contributed by atoms with van der Waals surface area (Å²) in [4.78, 5) is 22.0. The molecule has 0 saturated heterocycles. The largest absolute Gasteiger partial charge is 0.464 e. The topological polar surface area (TPSA) is 57.3 Å². The molecule has 1 rings (SSSR count). The molecule has 1 radical (unpaired) electrons. The lowest BCUT2D eigenvalue weighted by atomic mass is 10.3. The minimum Gasteiger partial charge on any atom is -0.274 e. The lowest BCUT2D eigenvalue weighted by Crippen LogP contribution is -2.32. The zero-order chi connectivity index (χ0) is 9.84. The van der Waals surface area contributed by atoms with Gasteiger partial charge in [0.25, 0.3) is 0 Å². The highest BCUT2D eigenvalue weighted by atomic mass is 16.4. The van der Waals surface area contributed by atoms with Crippen molar-refractivity contribution in [2.45, 2.75) is 6.92 Å². The molecule has 0 heterocycles. The van der Waals surface area contributed by atoms with Gasteiger partial charge < -0.3 is 0 Å². The van der Waals surface area contributed by atoms with Crippen molar-refractivity contribution in [2.24, 2.45) is 0 Å². The summed E-state index contributed by atoms with van der Waals surface area (Å²) in [6, 6.07) is 8.08. The fraction of sp³-hybridized carbons (Fsp3) is 0.111. The van der Waals surface area contributed by atoms with Gasteiger partial charge in [-0.3, -0.25) is 4.79 Å². The van der Waals surface area contributed by atoms with Crippen LogP contribution < -0.4 is 4.90 Å². The highest BCUT2D eigenvalue weighted by molar-refractivity contribution is 6.10. The second kappa shape index (κ2) is 3.71. The zero-order valence-corrected chi connectivity index (χ0v) is 7.06. The molecule has 0 aliphatic rings. The van der Waals surface area contributed by atoms with E-state index in [0.29, 0.717) is 10.6 Å². The Morgan fingerprint density at radius 1 is 1.15 bits per heavy atom. The number of hydrogen-bond acceptors (Lipinski definition) is 2.